The first-order valence-electron chi connectivity index (χ1n) is 7.16. The molecule has 0 spiro atoms. The van der Waals surface area contributed by atoms with E-state index in [0.717, 1.165) is 5.56 Å². The molecule has 0 aromatic heterocycles. The van der Waals surface area contributed by atoms with Gasteiger partial charge in [-0.1, -0.05) is 42.5 Å². The Morgan fingerprint density at radius 2 is 1.77 bits per heavy atom. The third-order valence-corrected chi connectivity index (χ3v) is 3.39. The maximum Gasteiger partial charge on any atom is 0.220 e. The Morgan fingerprint density at radius 3 is 2.45 bits per heavy atom. The minimum atomic E-state index is -0.261. The molecule has 3 nitrogen and oxygen atoms in total. The molecular weight excluding hydrogens is 281 g/mol. The van der Waals surface area contributed by atoms with E-state index in [4.69, 9.17) is 0 Å². The maximum absolute atomic E-state index is 13.1. The maximum atomic E-state index is 13.1. The summed E-state index contributed by atoms with van der Waals surface area (Å²) >= 11 is 0. The first-order valence-corrected chi connectivity index (χ1v) is 7.16. The van der Waals surface area contributed by atoms with E-state index in [1.165, 1.54) is 6.07 Å². The summed E-state index contributed by atoms with van der Waals surface area (Å²) < 4.78 is 13.1. The molecule has 0 aliphatic rings. The number of Topliss-reactive ketones (excluding diaryl/α,β-unsaturated/α-hetero) is 1. The second-order valence-corrected chi connectivity index (χ2v) is 5.15. The first kappa shape index (κ1) is 15.9. The highest BCUT2D eigenvalue weighted by atomic mass is 19.1. The Kier molecular flexibility index (Phi) is 5.42. The number of rotatable bonds is 6. The van der Waals surface area contributed by atoms with Crippen molar-refractivity contribution < 1.29 is 14.0 Å². The van der Waals surface area contributed by atoms with Gasteiger partial charge in [0.05, 0.1) is 0 Å². The molecule has 0 radical (unpaired) electrons. The molecule has 0 heterocycles. The zero-order valence-electron chi connectivity index (χ0n) is 12.4. The van der Waals surface area contributed by atoms with Gasteiger partial charge in [0.25, 0.3) is 0 Å². The first-order chi connectivity index (χ1) is 10.6. The van der Waals surface area contributed by atoms with Crippen LogP contribution in [0.25, 0.3) is 0 Å². The zero-order valence-corrected chi connectivity index (χ0v) is 12.4. The predicted molar refractivity (Wildman–Crippen MR) is 83.0 cm³/mol. The van der Waals surface area contributed by atoms with Gasteiger partial charge in [-0.3, -0.25) is 9.59 Å². The number of halogens is 1. The standard InChI is InChI=1S/C18H18FNO2/c1-13-11-14(7-8-16(13)19)12-20-18(22)10-9-17(21)15-5-3-2-4-6-15/h2-8,11H,9-10,12H2,1H3,(H,20,22). The summed E-state index contributed by atoms with van der Waals surface area (Å²) in [5.74, 6) is -0.497. The van der Waals surface area contributed by atoms with Crippen LogP contribution in [0.3, 0.4) is 0 Å². The largest absolute Gasteiger partial charge is 0.352 e. The zero-order chi connectivity index (χ0) is 15.9. The molecule has 2 aromatic carbocycles. The Balaban J connectivity index is 1.78. The lowest BCUT2D eigenvalue weighted by Gasteiger charge is -2.06. The number of carbonyl (C=O) groups excluding carboxylic acids is 2. The average molecular weight is 299 g/mol. The van der Waals surface area contributed by atoms with Crippen molar-refractivity contribution in [1.29, 1.82) is 0 Å². The summed E-state index contributed by atoms with van der Waals surface area (Å²) in [7, 11) is 0. The third kappa shape index (κ3) is 4.52. The van der Waals surface area contributed by atoms with Crippen molar-refractivity contribution in [2.24, 2.45) is 0 Å². The molecule has 0 saturated heterocycles. The van der Waals surface area contributed by atoms with Crippen LogP contribution < -0.4 is 5.32 Å². The van der Waals surface area contributed by atoms with E-state index in [2.05, 4.69) is 5.32 Å². The molecule has 0 aliphatic carbocycles. The molecule has 1 amide bonds. The van der Waals surface area contributed by atoms with Gasteiger partial charge in [0, 0.05) is 24.9 Å². The normalized spacial score (nSPS) is 10.3. The van der Waals surface area contributed by atoms with Gasteiger partial charge >= 0.3 is 0 Å². The lowest BCUT2D eigenvalue weighted by atomic mass is 10.1. The summed E-state index contributed by atoms with van der Waals surface area (Å²) in [5.41, 5.74) is 2.00. The lowest BCUT2D eigenvalue weighted by Crippen LogP contribution is -2.23. The summed E-state index contributed by atoms with van der Waals surface area (Å²) in [5, 5.41) is 2.74. The molecule has 0 fully saturated rings. The molecule has 22 heavy (non-hydrogen) atoms. The van der Waals surface area contributed by atoms with Gasteiger partial charge in [-0.2, -0.15) is 0 Å². The van der Waals surface area contributed by atoms with Crippen molar-refractivity contribution in [3.05, 3.63) is 71.0 Å². The van der Waals surface area contributed by atoms with E-state index >= 15 is 0 Å². The molecule has 4 heteroatoms. The van der Waals surface area contributed by atoms with Crippen molar-refractivity contribution in [2.75, 3.05) is 0 Å². The Bertz CT molecular complexity index is 668. The van der Waals surface area contributed by atoms with Gasteiger partial charge in [-0.05, 0) is 24.1 Å². The van der Waals surface area contributed by atoms with Gasteiger partial charge in [-0.15, -0.1) is 0 Å². The highest BCUT2D eigenvalue weighted by Gasteiger charge is 2.09. The monoisotopic (exact) mass is 299 g/mol. The Hall–Kier alpha value is -2.49. The number of hydrogen-bond acceptors (Lipinski definition) is 2. The number of ketones is 1. The van der Waals surface area contributed by atoms with Crippen LogP contribution in [0, 0.1) is 12.7 Å². The molecule has 1 N–H and O–H groups in total. The molecule has 114 valence electrons. The molecule has 2 aromatic rings. The summed E-state index contributed by atoms with van der Waals surface area (Å²) in [6, 6.07) is 13.6. The highest BCUT2D eigenvalue weighted by molar-refractivity contribution is 5.97. The van der Waals surface area contributed by atoms with Crippen LogP contribution in [0.5, 0.6) is 0 Å². The van der Waals surface area contributed by atoms with E-state index < -0.39 is 0 Å². The molecule has 2 rings (SSSR count). The second-order valence-electron chi connectivity index (χ2n) is 5.15. The molecule has 0 bridgehead atoms. The molecular formula is C18H18FNO2. The van der Waals surface area contributed by atoms with Crippen LogP contribution in [0.4, 0.5) is 4.39 Å². The van der Waals surface area contributed by atoms with Crippen molar-refractivity contribution >= 4 is 11.7 Å². The highest BCUT2D eigenvalue weighted by Crippen LogP contribution is 2.09. The number of amides is 1. The minimum Gasteiger partial charge on any atom is -0.352 e. The van der Waals surface area contributed by atoms with Gasteiger partial charge in [0.1, 0.15) is 5.82 Å². The number of nitrogens with one attached hydrogen (secondary N) is 1. The van der Waals surface area contributed by atoms with Gasteiger partial charge in [0.2, 0.25) is 5.91 Å². The van der Waals surface area contributed by atoms with E-state index in [0.29, 0.717) is 17.7 Å². The third-order valence-electron chi connectivity index (χ3n) is 3.39. The quantitative estimate of drug-likeness (QED) is 0.831. The lowest BCUT2D eigenvalue weighted by molar-refractivity contribution is -0.121. The fourth-order valence-electron chi connectivity index (χ4n) is 2.10. The van der Waals surface area contributed by atoms with Crippen molar-refractivity contribution in [3.63, 3.8) is 0 Å². The fourth-order valence-corrected chi connectivity index (χ4v) is 2.10. The van der Waals surface area contributed by atoms with Crippen molar-refractivity contribution in [2.45, 2.75) is 26.3 Å². The van der Waals surface area contributed by atoms with E-state index in [9.17, 15) is 14.0 Å². The van der Waals surface area contributed by atoms with E-state index in [1.54, 1.807) is 43.3 Å². The van der Waals surface area contributed by atoms with E-state index in [-0.39, 0.29) is 30.3 Å². The minimum absolute atomic E-state index is 0.0478. The molecule has 0 atom stereocenters. The van der Waals surface area contributed by atoms with Crippen LogP contribution in [0.15, 0.2) is 48.5 Å². The average Bonchev–Trinajstić information content (AvgIpc) is 2.54. The topological polar surface area (TPSA) is 46.2 Å². The summed E-state index contributed by atoms with van der Waals surface area (Å²) in [6.07, 6.45) is 0.326. The van der Waals surface area contributed by atoms with Gasteiger partial charge < -0.3 is 5.32 Å². The number of carbonyl (C=O) groups is 2. The molecule has 0 unspecified atom stereocenters. The molecule has 0 saturated carbocycles. The molecule has 0 aliphatic heterocycles. The van der Waals surface area contributed by atoms with Crippen LogP contribution in [0.2, 0.25) is 0 Å². The number of hydrogen-bond donors (Lipinski definition) is 1. The van der Waals surface area contributed by atoms with Gasteiger partial charge in [-0.25, -0.2) is 4.39 Å². The predicted octanol–water partition coefficient (Wildman–Crippen LogP) is 3.41. The summed E-state index contributed by atoms with van der Waals surface area (Å²) in [4.78, 5) is 23.7. The fraction of sp³-hybridized carbons (Fsp3) is 0.222. The smallest absolute Gasteiger partial charge is 0.220 e. The van der Waals surface area contributed by atoms with Crippen LogP contribution in [-0.4, -0.2) is 11.7 Å². The van der Waals surface area contributed by atoms with Crippen LogP contribution in [0.1, 0.15) is 34.3 Å². The second kappa shape index (κ2) is 7.50. The van der Waals surface area contributed by atoms with Crippen LogP contribution in [-0.2, 0) is 11.3 Å². The van der Waals surface area contributed by atoms with Crippen molar-refractivity contribution in [1.82, 2.24) is 5.32 Å². The Labute approximate surface area is 129 Å². The Morgan fingerprint density at radius 1 is 1.05 bits per heavy atom. The van der Waals surface area contributed by atoms with Gasteiger partial charge in [0.15, 0.2) is 5.78 Å². The van der Waals surface area contributed by atoms with Crippen molar-refractivity contribution in [3.8, 4) is 0 Å². The van der Waals surface area contributed by atoms with E-state index in [1.807, 2.05) is 6.07 Å². The van der Waals surface area contributed by atoms with Crippen LogP contribution >= 0.6 is 0 Å². The SMILES string of the molecule is Cc1cc(CNC(=O)CCC(=O)c2ccccc2)ccc1F. The number of aryl methyl sites for hydroxylation is 1. The number of benzene rings is 2. The summed E-state index contributed by atoms with van der Waals surface area (Å²) in [6.45, 7) is 2.01.